The average Bonchev–Trinajstić information content (AvgIpc) is 3.12. The van der Waals surface area contributed by atoms with Gasteiger partial charge in [-0.15, -0.1) is 0 Å². The molecule has 4 rings (SSSR count). The maximum absolute atomic E-state index is 12.4. The van der Waals surface area contributed by atoms with Gasteiger partial charge in [-0.1, -0.05) is 12.1 Å². The molecule has 1 saturated heterocycles. The van der Waals surface area contributed by atoms with Crippen LogP contribution in [0.2, 0.25) is 0 Å². The maximum atomic E-state index is 12.4. The largest absolute Gasteiger partial charge is 0.454 e. The summed E-state index contributed by atoms with van der Waals surface area (Å²) in [5, 5.41) is 2.92. The number of carbonyl (C=O) groups is 1. The summed E-state index contributed by atoms with van der Waals surface area (Å²) in [6.07, 6.45) is 0. The van der Waals surface area contributed by atoms with Gasteiger partial charge in [0.25, 0.3) is 5.91 Å². The van der Waals surface area contributed by atoms with Gasteiger partial charge in [0.1, 0.15) is 19.6 Å². The van der Waals surface area contributed by atoms with Crippen LogP contribution in [0.4, 0.5) is 5.69 Å². The fourth-order valence-corrected chi connectivity index (χ4v) is 3.07. The minimum atomic E-state index is -0.162. The number of quaternary nitrogens is 1. The SMILES string of the molecule is O=C(Nc1ccc(C[NH+]2CCOCC2)cc1)c1ccc2c(c1)OCO2. The molecule has 130 valence electrons. The Bertz CT molecular complexity index is 755. The zero-order valence-corrected chi connectivity index (χ0v) is 13.9. The van der Waals surface area contributed by atoms with Crippen LogP contribution in [-0.2, 0) is 11.3 Å². The summed E-state index contributed by atoms with van der Waals surface area (Å²) in [6, 6.07) is 13.2. The van der Waals surface area contributed by atoms with Crippen molar-refractivity contribution in [2.45, 2.75) is 6.54 Å². The fourth-order valence-electron chi connectivity index (χ4n) is 3.07. The van der Waals surface area contributed by atoms with E-state index in [1.165, 1.54) is 10.5 Å². The van der Waals surface area contributed by atoms with E-state index in [0.29, 0.717) is 17.1 Å². The van der Waals surface area contributed by atoms with E-state index in [4.69, 9.17) is 14.2 Å². The standard InChI is InChI=1S/C19H20N2O4/c22-19(15-3-6-17-18(11-15)25-13-24-17)20-16-4-1-14(2-5-16)12-21-7-9-23-10-8-21/h1-6,11H,7-10,12-13H2,(H,20,22)/p+1. The first-order chi connectivity index (χ1) is 12.3. The van der Waals surface area contributed by atoms with Crippen molar-refractivity contribution in [2.24, 2.45) is 0 Å². The van der Waals surface area contributed by atoms with E-state index in [1.54, 1.807) is 18.2 Å². The smallest absolute Gasteiger partial charge is 0.255 e. The van der Waals surface area contributed by atoms with Gasteiger partial charge in [0.2, 0.25) is 6.79 Å². The second-order valence-corrected chi connectivity index (χ2v) is 6.26. The average molecular weight is 341 g/mol. The lowest BCUT2D eigenvalue weighted by Crippen LogP contribution is -3.12. The Hall–Kier alpha value is -2.57. The number of fused-ring (bicyclic) bond motifs is 1. The van der Waals surface area contributed by atoms with Crippen LogP contribution in [0.1, 0.15) is 15.9 Å². The van der Waals surface area contributed by atoms with Crippen LogP contribution in [-0.4, -0.2) is 39.0 Å². The fraction of sp³-hybridized carbons (Fsp3) is 0.316. The monoisotopic (exact) mass is 341 g/mol. The summed E-state index contributed by atoms with van der Waals surface area (Å²) < 4.78 is 16.0. The molecular formula is C19H21N2O4+. The number of benzene rings is 2. The van der Waals surface area contributed by atoms with Gasteiger partial charge in [0, 0.05) is 16.8 Å². The minimum Gasteiger partial charge on any atom is -0.454 e. The molecule has 2 aliphatic heterocycles. The molecule has 2 aromatic rings. The van der Waals surface area contributed by atoms with Gasteiger partial charge in [-0.3, -0.25) is 4.79 Å². The van der Waals surface area contributed by atoms with Gasteiger partial charge >= 0.3 is 0 Å². The number of ether oxygens (including phenoxy) is 3. The van der Waals surface area contributed by atoms with Crippen LogP contribution in [0.15, 0.2) is 42.5 Å². The normalized spacial score (nSPS) is 16.6. The molecule has 0 unspecified atom stereocenters. The van der Waals surface area contributed by atoms with Crippen LogP contribution >= 0.6 is 0 Å². The lowest BCUT2D eigenvalue weighted by atomic mass is 10.1. The molecule has 25 heavy (non-hydrogen) atoms. The van der Waals surface area contributed by atoms with Crippen molar-refractivity contribution >= 4 is 11.6 Å². The van der Waals surface area contributed by atoms with Crippen LogP contribution < -0.4 is 19.7 Å². The Kier molecular flexibility index (Phi) is 4.54. The highest BCUT2D eigenvalue weighted by Gasteiger charge is 2.17. The molecule has 6 heteroatoms. The molecule has 2 aromatic carbocycles. The van der Waals surface area contributed by atoms with Crippen LogP contribution in [0.5, 0.6) is 11.5 Å². The lowest BCUT2D eigenvalue weighted by Gasteiger charge is -2.23. The van der Waals surface area contributed by atoms with Crippen molar-refractivity contribution in [1.29, 1.82) is 0 Å². The summed E-state index contributed by atoms with van der Waals surface area (Å²) in [7, 11) is 0. The number of nitrogens with one attached hydrogen (secondary N) is 2. The maximum Gasteiger partial charge on any atom is 0.255 e. The number of hydrogen-bond donors (Lipinski definition) is 2. The Morgan fingerprint density at radius 3 is 2.56 bits per heavy atom. The number of amides is 1. The first-order valence-electron chi connectivity index (χ1n) is 8.49. The summed E-state index contributed by atoms with van der Waals surface area (Å²) in [4.78, 5) is 13.9. The molecular weight excluding hydrogens is 320 g/mol. The van der Waals surface area contributed by atoms with Gasteiger partial charge in [-0.05, 0) is 30.3 Å². The van der Waals surface area contributed by atoms with E-state index in [9.17, 15) is 4.79 Å². The zero-order valence-electron chi connectivity index (χ0n) is 13.9. The third kappa shape index (κ3) is 3.75. The molecule has 1 amide bonds. The summed E-state index contributed by atoms with van der Waals surface area (Å²) >= 11 is 0. The molecule has 0 atom stereocenters. The topological polar surface area (TPSA) is 61.2 Å². The molecule has 0 radical (unpaired) electrons. The van der Waals surface area contributed by atoms with Crippen molar-refractivity contribution in [3.8, 4) is 11.5 Å². The van der Waals surface area contributed by atoms with Gasteiger partial charge in [-0.2, -0.15) is 0 Å². The molecule has 1 fully saturated rings. The van der Waals surface area contributed by atoms with E-state index in [1.807, 2.05) is 12.1 Å². The number of rotatable bonds is 4. The molecule has 0 bridgehead atoms. The quantitative estimate of drug-likeness (QED) is 0.874. The van der Waals surface area contributed by atoms with Gasteiger partial charge in [-0.25, -0.2) is 0 Å². The summed E-state index contributed by atoms with van der Waals surface area (Å²) in [5.41, 5.74) is 2.59. The molecule has 0 aromatic heterocycles. The zero-order chi connectivity index (χ0) is 17.1. The third-order valence-electron chi connectivity index (χ3n) is 4.50. The van der Waals surface area contributed by atoms with E-state index in [2.05, 4.69) is 17.4 Å². The number of hydrogen-bond acceptors (Lipinski definition) is 4. The van der Waals surface area contributed by atoms with Gasteiger partial charge in [0.15, 0.2) is 11.5 Å². The molecule has 6 nitrogen and oxygen atoms in total. The number of anilines is 1. The van der Waals surface area contributed by atoms with Crippen molar-refractivity contribution in [3.63, 3.8) is 0 Å². The second-order valence-electron chi connectivity index (χ2n) is 6.26. The highest BCUT2D eigenvalue weighted by molar-refractivity contribution is 6.04. The van der Waals surface area contributed by atoms with Gasteiger partial charge < -0.3 is 24.4 Å². The summed E-state index contributed by atoms with van der Waals surface area (Å²) in [5.74, 6) is 1.12. The van der Waals surface area contributed by atoms with Crippen LogP contribution in [0, 0.1) is 0 Å². The third-order valence-corrected chi connectivity index (χ3v) is 4.50. The van der Waals surface area contributed by atoms with Crippen molar-refractivity contribution < 1.29 is 23.9 Å². The Morgan fingerprint density at radius 1 is 1.00 bits per heavy atom. The highest BCUT2D eigenvalue weighted by atomic mass is 16.7. The molecule has 2 aliphatic rings. The van der Waals surface area contributed by atoms with E-state index < -0.39 is 0 Å². The van der Waals surface area contributed by atoms with E-state index in [0.717, 1.165) is 38.5 Å². The van der Waals surface area contributed by atoms with Crippen molar-refractivity contribution in [1.82, 2.24) is 0 Å². The molecule has 2 heterocycles. The first kappa shape index (κ1) is 15.9. The van der Waals surface area contributed by atoms with Crippen molar-refractivity contribution in [3.05, 3.63) is 53.6 Å². The lowest BCUT2D eigenvalue weighted by molar-refractivity contribution is -0.921. The molecule has 0 spiro atoms. The first-order valence-corrected chi connectivity index (χ1v) is 8.49. The predicted molar refractivity (Wildman–Crippen MR) is 92.2 cm³/mol. The van der Waals surface area contributed by atoms with Crippen molar-refractivity contribution in [2.75, 3.05) is 38.4 Å². The predicted octanol–water partition coefficient (Wildman–Crippen LogP) is 1.08. The van der Waals surface area contributed by atoms with Crippen LogP contribution in [0.3, 0.4) is 0 Å². The molecule has 0 aliphatic carbocycles. The highest BCUT2D eigenvalue weighted by Crippen LogP contribution is 2.32. The number of carbonyl (C=O) groups excluding carboxylic acids is 1. The molecule has 0 saturated carbocycles. The second kappa shape index (κ2) is 7.13. The van der Waals surface area contributed by atoms with Gasteiger partial charge in [0.05, 0.1) is 13.2 Å². The number of morpholine rings is 1. The Morgan fingerprint density at radius 2 is 1.76 bits per heavy atom. The Labute approximate surface area is 146 Å². The molecule has 2 N–H and O–H groups in total. The minimum absolute atomic E-state index is 0.162. The van der Waals surface area contributed by atoms with E-state index in [-0.39, 0.29) is 12.7 Å². The Balaban J connectivity index is 1.38. The van der Waals surface area contributed by atoms with Crippen LogP contribution in [0.25, 0.3) is 0 Å². The van der Waals surface area contributed by atoms with E-state index >= 15 is 0 Å². The summed E-state index contributed by atoms with van der Waals surface area (Å²) in [6.45, 7) is 4.94.